The van der Waals surface area contributed by atoms with Crippen molar-refractivity contribution in [2.45, 2.75) is 12.8 Å². The predicted molar refractivity (Wildman–Crippen MR) is 128 cm³/mol. The number of carbonyl (C=O) groups is 1. The van der Waals surface area contributed by atoms with Gasteiger partial charge in [0.05, 0.1) is 4.92 Å². The Morgan fingerprint density at radius 3 is 2.03 bits per heavy atom. The molecule has 1 amide bonds. The molecule has 1 aliphatic rings. The third-order valence-electron chi connectivity index (χ3n) is 4.95. The summed E-state index contributed by atoms with van der Waals surface area (Å²) in [7, 11) is 0. The number of nitro benzene ring substituents is 1. The Hall–Kier alpha value is -2.88. The summed E-state index contributed by atoms with van der Waals surface area (Å²) in [6, 6.07) is 14.3. The van der Waals surface area contributed by atoms with Crippen LogP contribution in [0.2, 0.25) is 0 Å². The van der Waals surface area contributed by atoms with Gasteiger partial charge in [-0.05, 0) is 71.7 Å². The Kier molecular flexibility index (Phi) is 6.55. The van der Waals surface area contributed by atoms with E-state index < -0.39 is 4.92 Å². The number of thiocarbonyl (C=S) groups is 1. The molecule has 0 N–H and O–H groups in total. The van der Waals surface area contributed by atoms with E-state index in [4.69, 9.17) is 12.2 Å². The first kappa shape index (κ1) is 21.4. The van der Waals surface area contributed by atoms with E-state index in [0.29, 0.717) is 23.9 Å². The minimum absolute atomic E-state index is 0.0162. The minimum Gasteiger partial charge on any atom is -0.313 e. The Morgan fingerprint density at radius 1 is 0.935 bits per heavy atom. The monoisotopic (exact) mass is 469 g/mol. The fourth-order valence-corrected chi connectivity index (χ4v) is 5.11. The van der Waals surface area contributed by atoms with Crippen LogP contribution >= 0.6 is 34.9 Å². The summed E-state index contributed by atoms with van der Waals surface area (Å²) in [5, 5.41) is 15.5. The largest absolute Gasteiger partial charge is 0.313 e. The van der Waals surface area contributed by atoms with Crippen LogP contribution in [0.15, 0.2) is 65.0 Å². The van der Waals surface area contributed by atoms with Crippen molar-refractivity contribution in [3.63, 3.8) is 0 Å². The first-order chi connectivity index (χ1) is 15.0. The van der Waals surface area contributed by atoms with Gasteiger partial charge in [0.2, 0.25) is 0 Å². The van der Waals surface area contributed by atoms with E-state index in [1.165, 1.54) is 21.9 Å². The van der Waals surface area contributed by atoms with Gasteiger partial charge in [0, 0.05) is 35.0 Å². The standard InChI is InChI=1S/C22H19N3O3S3/c26-21-20(15-16-5-7-17(8-6-16)25(27)28)23(11-9-18-3-1-13-30-18)22(29)24(21)12-10-19-4-2-14-31-19/h1-8,13-15H,9-12H2/b20-15+. The van der Waals surface area contributed by atoms with Crippen LogP contribution in [0.25, 0.3) is 6.08 Å². The van der Waals surface area contributed by atoms with Gasteiger partial charge in [-0.15, -0.1) is 22.7 Å². The molecule has 0 bridgehead atoms. The van der Waals surface area contributed by atoms with Crippen molar-refractivity contribution in [3.8, 4) is 0 Å². The summed E-state index contributed by atoms with van der Waals surface area (Å²) in [6.45, 7) is 1.12. The van der Waals surface area contributed by atoms with E-state index >= 15 is 0 Å². The van der Waals surface area contributed by atoms with Gasteiger partial charge >= 0.3 is 0 Å². The van der Waals surface area contributed by atoms with Crippen LogP contribution < -0.4 is 0 Å². The molecule has 6 nitrogen and oxygen atoms in total. The van der Waals surface area contributed by atoms with Crippen LogP contribution in [0.4, 0.5) is 5.69 Å². The number of nitro groups is 1. The summed E-state index contributed by atoms with van der Waals surface area (Å²) < 4.78 is 0. The van der Waals surface area contributed by atoms with Crippen molar-refractivity contribution in [1.82, 2.24) is 9.80 Å². The second kappa shape index (κ2) is 9.51. The number of benzene rings is 1. The zero-order valence-corrected chi connectivity index (χ0v) is 18.9. The molecular formula is C22H19N3O3S3. The van der Waals surface area contributed by atoms with E-state index in [2.05, 4.69) is 12.1 Å². The van der Waals surface area contributed by atoms with Gasteiger partial charge in [0.25, 0.3) is 11.6 Å². The average Bonchev–Trinajstić information content (AvgIpc) is 3.50. The first-order valence-corrected chi connectivity index (χ1v) is 11.8. The van der Waals surface area contributed by atoms with Gasteiger partial charge in [0.1, 0.15) is 5.70 Å². The lowest BCUT2D eigenvalue weighted by atomic mass is 10.1. The second-order valence-corrected chi connectivity index (χ2v) is 9.36. The molecule has 0 unspecified atom stereocenters. The number of thiophene rings is 2. The maximum atomic E-state index is 13.3. The highest BCUT2D eigenvalue weighted by Gasteiger charge is 2.37. The third-order valence-corrected chi connectivity index (χ3v) is 7.26. The molecule has 4 rings (SSSR count). The molecule has 1 aromatic carbocycles. The summed E-state index contributed by atoms with van der Waals surface area (Å²) in [6.07, 6.45) is 3.28. The van der Waals surface area contributed by atoms with Gasteiger partial charge < -0.3 is 4.90 Å². The maximum Gasteiger partial charge on any atom is 0.276 e. The van der Waals surface area contributed by atoms with Gasteiger partial charge in [0.15, 0.2) is 5.11 Å². The molecule has 0 saturated carbocycles. The van der Waals surface area contributed by atoms with E-state index in [0.717, 1.165) is 18.4 Å². The summed E-state index contributed by atoms with van der Waals surface area (Å²) in [5.74, 6) is -0.133. The Morgan fingerprint density at radius 2 is 1.52 bits per heavy atom. The second-order valence-electron chi connectivity index (χ2n) is 6.93. The van der Waals surface area contributed by atoms with Gasteiger partial charge in [-0.3, -0.25) is 19.8 Å². The number of carbonyl (C=O) groups excluding carboxylic acids is 1. The first-order valence-electron chi connectivity index (χ1n) is 9.67. The van der Waals surface area contributed by atoms with E-state index in [-0.39, 0.29) is 11.6 Å². The Labute approximate surface area is 193 Å². The topological polar surface area (TPSA) is 66.7 Å². The molecule has 1 fully saturated rings. The van der Waals surface area contributed by atoms with Crippen molar-refractivity contribution in [1.29, 1.82) is 0 Å². The van der Waals surface area contributed by atoms with Gasteiger partial charge in [-0.1, -0.05) is 12.1 Å². The number of amides is 1. The molecule has 3 aromatic rings. The molecule has 0 radical (unpaired) electrons. The van der Waals surface area contributed by atoms with Crippen LogP contribution in [0.1, 0.15) is 15.3 Å². The normalized spacial score (nSPS) is 15.3. The summed E-state index contributed by atoms with van der Waals surface area (Å²) in [5.41, 5.74) is 1.24. The van der Waals surface area contributed by atoms with E-state index in [9.17, 15) is 14.9 Å². The molecule has 0 aliphatic carbocycles. The fraction of sp³-hybridized carbons (Fsp3) is 0.182. The molecular weight excluding hydrogens is 450 g/mol. The Bertz CT molecular complexity index is 1110. The molecule has 158 valence electrons. The SMILES string of the molecule is O=C1/C(=C\c2ccc([N+](=O)[O-])cc2)N(CCc2cccs2)C(=S)N1CCc1cccs1. The minimum atomic E-state index is -0.438. The molecule has 0 atom stereocenters. The lowest BCUT2D eigenvalue weighted by Crippen LogP contribution is -2.34. The lowest BCUT2D eigenvalue weighted by molar-refractivity contribution is -0.384. The van der Waals surface area contributed by atoms with Crippen LogP contribution in [-0.4, -0.2) is 38.8 Å². The van der Waals surface area contributed by atoms with Crippen LogP contribution in [0.3, 0.4) is 0 Å². The number of non-ortho nitro benzene ring substituents is 1. The summed E-state index contributed by atoms with van der Waals surface area (Å²) >= 11 is 9.02. The number of rotatable bonds is 8. The number of hydrogen-bond donors (Lipinski definition) is 0. The molecule has 9 heteroatoms. The zero-order valence-electron chi connectivity index (χ0n) is 16.5. The van der Waals surface area contributed by atoms with Crippen molar-refractivity contribution in [2.24, 2.45) is 0 Å². The summed E-state index contributed by atoms with van der Waals surface area (Å²) in [4.78, 5) is 29.7. The van der Waals surface area contributed by atoms with Gasteiger partial charge in [-0.2, -0.15) is 0 Å². The maximum absolute atomic E-state index is 13.3. The molecule has 3 heterocycles. The number of nitrogens with zero attached hydrogens (tertiary/aromatic N) is 3. The number of hydrogen-bond acceptors (Lipinski definition) is 6. The van der Waals surface area contributed by atoms with Crippen LogP contribution in [0.5, 0.6) is 0 Å². The van der Waals surface area contributed by atoms with Gasteiger partial charge in [-0.25, -0.2) is 0 Å². The highest BCUT2D eigenvalue weighted by Crippen LogP contribution is 2.26. The Balaban J connectivity index is 1.58. The molecule has 1 saturated heterocycles. The lowest BCUT2D eigenvalue weighted by Gasteiger charge is -2.20. The quantitative estimate of drug-likeness (QED) is 0.202. The smallest absolute Gasteiger partial charge is 0.276 e. The van der Waals surface area contributed by atoms with Crippen molar-refractivity contribution in [2.75, 3.05) is 13.1 Å². The van der Waals surface area contributed by atoms with Crippen molar-refractivity contribution < 1.29 is 9.72 Å². The highest BCUT2D eigenvalue weighted by atomic mass is 32.1. The van der Waals surface area contributed by atoms with Crippen molar-refractivity contribution >= 4 is 57.7 Å². The van der Waals surface area contributed by atoms with E-state index in [1.54, 1.807) is 45.8 Å². The highest BCUT2D eigenvalue weighted by molar-refractivity contribution is 7.80. The third kappa shape index (κ3) is 4.90. The molecule has 1 aliphatic heterocycles. The fourth-order valence-electron chi connectivity index (χ4n) is 3.35. The zero-order chi connectivity index (χ0) is 21.8. The molecule has 31 heavy (non-hydrogen) atoms. The molecule has 0 spiro atoms. The predicted octanol–water partition coefficient (Wildman–Crippen LogP) is 4.97. The van der Waals surface area contributed by atoms with Crippen molar-refractivity contribution in [3.05, 3.63) is 90.4 Å². The van der Waals surface area contributed by atoms with E-state index in [1.807, 2.05) is 27.8 Å². The molecule has 2 aromatic heterocycles. The van der Waals surface area contributed by atoms with Crippen LogP contribution in [-0.2, 0) is 17.6 Å². The van der Waals surface area contributed by atoms with Crippen LogP contribution in [0, 0.1) is 10.1 Å². The average molecular weight is 470 g/mol.